The largest absolute Gasteiger partial charge is 0.325 e. The molecule has 1 saturated heterocycles. The molecule has 0 bridgehead atoms. The van der Waals surface area contributed by atoms with Crippen LogP contribution >= 0.6 is 24.2 Å². The van der Waals surface area contributed by atoms with Crippen LogP contribution in [-0.2, 0) is 4.79 Å². The molecule has 0 aliphatic carbocycles. The van der Waals surface area contributed by atoms with Crippen LogP contribution in [-0.4, -0.2) is 24.7 Å². The number of rotatable bonds is 3. The van der Waals surface area contributed by atoms with E-state index in [0.29, 0.717) is 6.04 Å². The van der Waals surface area contributed by atoms with Crippen molar-refractivity contribution in [2.24, 2.45) is 5.92 Å². The summed E-state index contributed by atoms with van der Waals surface area (Å²) in [6, 6.07) is 8.39. The van der Waals surface area contributed by atoms with Crippen LogP contribution in [0.1, 0.15) is 19.8 Å². The van der Waals surface area contributed by atoms with Crippen molar-refractivity contribution in [2.75, 3.05) is 18.1 Å². The van der Waals surface area contributed by atoms with Gasteiger partial charge in [-0.1, -0.05) is 12.1 Å². The Labute approximate surface area is 125 Å². The first-order valence-corrected chi connectivity index (χ1v) is 7.60. The molecule has 0 saturated carbocycles. The number of halogens is 1. The Morgan fingerprint density at radius 2 is 2.16 bits per heavy atom. The zero-order chi connectivity index (χ0) is 13.0. The van der Waals surface area contributed by atoms with Crippen LogP contribution in [0, 0.1) is 5.92 Å². The number of amides is 1. The van der Waals surface area contributed by atoms with Gasteiger partial charge in [-0.15, -0.1) is 24.2 Å². The lowest BCUT2D eigenvalue weighted by Gasteiger charge is -2.27. The Balaban J connectivity index is 0.00000180. The number of hydrogen-bond acceptors (Lipinski definition) is 3. The topological polar surface area (TPSA) is 41.1 Å². The smallest absolute Gasteiger partial charge is 0.227 e. The summed E-state index contributed by atoms with van der Waals surface area (Å²) in [4.78, 5) is 13.4. The third kappa shape index (κ3) is 4.41. The molecule has 0 radical (unpaired) electrons. The molecule has 0 spiro atoms. The lowest BCUT2D eigenvalue weighted by molar-refractivity contribution is -0.120. The van der Waals surface area contributed by atoms with Crippen molar-refractivity contribution in [3.63, 3.8) is 0 Å². The lowest BCUT2D eigenvalue weighted by Crippen LogP contribution is -2.40. The first kappa shape index (κ1) is 16.3. The molecular weight excluding hydrogens is 280 g/mol. The van der Waals surface area contributed by atoms with Gasteiger partial charge in [-0.05, 0) is 44.7 Å². The highest BCUT2D eigenvalue weighted by Gasteiger charge is 2.24. The standard InChI is InChI=1S/C14H20N2OS.ClH/c1-10-9-11(7-8-15-10)14(17)16-12-5-3-4-6-13(12)18-2;/h3-6,10-11,15H,7-9H2,1-2H3,(H,16,17);1H/t10-,11-;/m0./s1. The molecule has 2 rings (SSSR count). The van der Waals surface area contributed by atoms with Gasteiger partial charge in [0.1, 0.15) is 0 Å². The molecule has 106 valence electrons. The fourth-order valence-corrected chi connectivity index (χ4v) is 2.91. The van der Waals surface area contributed by atoms with E-state index in [-0.39, 0.29) is 24.2 Å². The number of piperidine rings is 1. The van der Waals surface area contributed by atoms with E-state index < -0.39 is 0 Å². The van der Waals surface area contributed by atoms with Crippen LogP contribution in [0.5, 0.6) is 0 Å². The van der Waals surface area contributed by atoms with Crippen LogP contribution in [0.2, 0.25) is 0 Å². The normalized spacial score (nSPS) is 22.4. The van der Waals surface area contributed by atoms with E-state index in [1.807, 2.05) is 30.5 Å². The van der Waals surface area contributed by atoms with E-state index in [2.05, 4.69) is 17.6 Å². The molecule has 5 heteroatoms. The second-order valence-corrected chi connectivity index (χ2v) is 5.61. The maximum absolute atomic E-state index is 12.2. The molecule has 0 unspecified atom stereocenters. The first-order chi connectivity index (χ1) is 8.70. The Hall–Kier alpha value is -0.710. The van der Waals surface area contributed by atoms with E-state index in [1.165, 1.54) is 0 Å². The van der Waals surface area contributed by atoms with Crippen molar-refractivity contribution < 1.29 is 4.79 Å². The van der Waals surface area contributed by atoms with Gasteiger partial charge in [-0.2, -0.15) is 0 Å². The second kappa shape index (κ2) is 7.78. The fourth-order valence-electron chi connectivity index (χ4n) is 2.35. The number of carbonyl (C=O) groups is 1. The van der Waals surface area contributed by atoms with Crippen molar-refractivity contribution in [1.29, 1.82) is 0 Å². The highest BCUT2D eigenvalue weighted by molar-refractivity contribution is 7.98. The molecule has 1 heterocycles. The van der Waals surface area contributed by atoms with Gasteiger partial charge in [-0.3, -0.25) is 4.79 Å². The first-order valence-electron chi connectivity index (χ1n) is 6.38. The molecule has 1 fully saturated rings. The SMILES string of the molecule is CSc1ccccc1NC(=O)[C@H]1CCN[C@@H](C)C1.Cl. The summed E-state index contributed by atoms with van der Waals surface area (Å²) in [7, 11) is 0. The number of para-hydroxylation sites is 1. The van der Waals surface area contributed by atoms with E-state index in [1.54, 1.807) is 11.8 Å². The van der Waals surface area contributed by atoms with Gasteiger partial charge in [0, 0.05) is 16.9 Å². The van der Waals surface area contributed by atoms with Gasteiger partial charge >= 0.3 is 0 Å². The van der Waals surface area contributed by atoms with E-state index in [0.717, 1.165) is 30.0 Å². The van der Waals surface area contributed by atoms with Crippen LogP contribution in [0.4, 0.5) is 5.69 Å². The van der Waals surface area contributed by atoms with Gasteiger partial charge in [-0.25, -0.2) is 0 Å². The maximum atomic E-state index is 12.2. The van der Waals surface area contributed by atoms with Crippen molar-refractivity contribution in [2.45, 2.75) is 30.7 Å². The van der Waals surface area contributed by atoms with E-state index in [9.17, 15) is 4.79 Å². The lowest BCUT2D eigenvalue weighted by atomic mass is 9.92. The summed E-state index contributed by atoms with van der Waals surface area (Å²) in [6.45, 7) is 3.07. The molecule has 0 aromatic heterocycles. The number of anilines is 1. The number of carbonyl (C=O) groups excluding carboxylic acids is 1. The number of benzene rings is 1. The van der Waals surface area contributed by atoms with Crippen molar-refractivity contribution >= 4 is 35.8 Å². The van der Waals surface area contributed by atoms with Gasteiger partial charge in [0.15, 0.2) is 0 Å². The van der Waals surface area contributed by atoms with Gasteiger partial charge in [0.2, 0.25) is 5.91 Å². The Morgan fingerprint density at radius 1 is 1.42 bits per heavy atom. The average molecular weight is 301 g/mol. The van der Waals surface area contributed by atoms with Gasteiger partial charge in [0.05, 0.1) is 5.69 Å². The summed E-state index contributed by atoms with van der Waals surface area (Å²) >= 11 is 1.66. The van der Waals surface area contributed by atoms with Gasteiger partial charge in [0.25, 0.3) is 0 Å². The molecule has 1 amide bonds. The summed E-state index contributed by atoms with van der Waals surface area (Å²) in [5.74, 6) is 0.293. The molecule has 3 nitrogen and oxygen atoms in total. The van der Waals surface area contributed by atoms with E-state index >= 15 is 0 Å². The number of nitrogens with one attached hydrogen (secondary N) is 2. The van der Waals surface area contributed by atoms with E-state index in [4.69, 9.17) is 0 Å². The van der Waals surface area contributed by atoms with Crippen LogP contribution in [0.25, 0.3) is 0 Å². The van der Waals surface area contributed by atoms with Crippen molar-refractivity contribution in [1.82, 2.24) is 5.32 Å². The predicted octanol–water partition coefficient (Wildman–Crippen LogP) is 3.16. The minimum Gasteiger partial charge on any atom is -0.325 e. The highest BCUT2D eigenvalue weighted by atomic mass is 35.5. The molecule has 1 aliphatic heterocycles. The Morgan fingerprint density at radius 3 is 2.84 bits per heavy atom. The average Bonchev–Trinajstić information content (AvgIpc) is 2.39. The van der Waals surface area contributed by atoms with Crippen LogP contribution < -0.4 is 10.6 Å². The number of hydrogen-bond donors (Lipinski definition) is 2. The minimum atomic E-state index is 0. The molecule has 1 aliphatic rings. The molecular formula is C14H21ClN2OS. The molecule has 2 N–H and O–H groups in total. The van der Waals surface area contributed by atoms with Crippen molar-refractivity contribution in [3.05, 3.63) is 24.3 Å². The molecule has 19 heavy (non-hydrogen) atoms. The number of thioether (sulfide) groups is 1. The zero-order valence-electron chi connectivity index (χ0n) is 11.3. The Kier molecular flexibility index (Phi) is 6.69. The van der Waals surface area contributed by atoms with Crippen LogP contribution in [0.15, 0.2) is 29.2 Å². The quantitative estimate of drug-likeness (QED) is 0.843. The molecule has 2 atom stereocenters. The third-order valence-electron chi connectivity index (χ3n) is 3.36. The van der Waals surface area contributed by atoms with Crippen LogP contribution in [0.3, 0.4) is 0 Å². The zero-order valence-corrected chi connectivity index (χ0v) is 12.9. The Bertz CT molecular complexity index is 428. The predicted molar refractivity (Wildman–Crippen MR) is 84.3 cm³/mol. The van der Waals surface area contributed by atoms with Gasteiger partial charge < -0.3 is 10.6 Å². The summed E-state index contributed by atoms with van der Waals surface area (Å²) in [5, 5.41) is 6.43. The summed E-state index contributed by atoms with van der Waals surface area (Å²) in [5.41, 5.74) is 0.932. The second-order valence-electron chi connectivity index (χ2n) is 4.77. The van der Waals surface area contributed by atoms with Crippen molar-refractivity contribution in [3.8, 4) is 0 Å². The highest BCUT2D eigenvalue weighted by Crippen LogP contribution is 2.26. The monoisotopic (exact) mass is 300 g/mol. The maximum Gasteiger partial charge on any atom is 0.227 e. The fraction of sp³-hybridized carbons (Fsp3) is 0.500. The summed E-state index contributed by atoms with van der Waals surface area (Å²) in [6.07, 6.45) is 3.88. The molecule has 1 aromatic rings. The third-order valence-corrected chi connectivity index (χ3v) is 4.16. The summed E-state index contributed by atoms with van der Waals surface area (Å²) < 4.78 is 0. The minimum absolute atomic E-state index is 0. The molecule has 1 aromatic carbocycles.